The van der Waals surface area contributed by atoms with E-state index in [2.05, 4.69) is 51.8 Å². The molecule has 0 spiro atoms. The zero-order valence-corrected chi connectivity index (χ0v) is 13.7. The van der Waals surface area contributed by atoms with Crippen molar-refractivity contribution in [2.24, 2.45) is 4.99 Å². The van der Waals surface area contributed by atoms with Crippen molar-refractivity contribution in [2.75, 3.05) is 6.54 Å². The van der Waals surface area contributed by atoms with Crippen LogP contribution in [-0.2, 0) is 13.1 Å². The fourth-order valence-electron chi connectivity index (χ4n) is 1.98. The second-order valence-corrected chi connectivity index (χ2v) is 5.28. The minimum absolute atomic E-state index is 0.522. The first kappa shape index (κ1) is 16.1. The van der Waals surface area contributed by atoms with Crippen molar-refractivity contribution in [3.05, 3.63) is 52.7 Å². The quantitative estimate of drug-likeness (QED) is 0.658. The molecule has 2 N–H and O–H groups in total. The number of aromatic nitrogens is 1. The van der Waals surface area contributed by atoms with Crippen LogP contribution in [0.5, 0.6) is 0 Å². The maximum absolute atomic E-state index is 5.56. The van der Waals surface area contributed by atoms with Crippen LogP contribution in [0.2, 0.25) is 0 Å². The van der Waals surface area contributed by atoms with E-state index < -0.39 is 0 Å². The topological polar surface area (TPSA) is 62.5 Å². The Morgan fingerprint density at radius 3 is 2.45 bits per heavy atom. The fraction of sp³-hybridized carbons (Fsp3) is 0.412. The highest BCUT2D eigenvalue weighted by molar-refractivity contribution is 5.79. The third kappa shape index (κ3) is 4.62. The van der Waals surface area contributed by atoms with Crippen LogP contribution in [0.15, 0.2) is 33.7 Å². The third-order valence-electron chi connectivity index (χ3n) is 3.36. The van der Waals surface area contributed by atoms with E-state index in [9.17, 15) is 0 Å². The number of aryl methyl sites for hydroxylation is 3. The number of benzene rings is 1. The van der Waals surface area contributed by atoms with Crippen LogP contribution in [0.4, 0.5) is 0 Å². The zero-order valence-electron chi connectivity index (χ0n) is 13.7. The molecule has 1 aromatic heterocycles. The molecule has 0 aliphatic heterocycles. The molecule has 0 amide bonds. The highest BCUT2D eigenvalue weighted by Crippen LogP contribution is 2.08. The maximum atomic E-state index is 5.56. The highest BCUT2D eigenvalue weighted by atomic mass is 16.4. The number of oxazole rings is 1. The third-order valence-corrected chi connectivity index (χ3v) is 3.36. The van der Waals surface area contributed by atoms with Crippen LogP contribution in [0.1, 0.15) is 35.4 Å². The van der Waals surface area contributed by atoms with Gasteiger partial charge in [0.1, 0.15) is 5.76 Å². The first-order valence-corrected chi connectivity index (χ1v) is 7.59. The molecule has 118 valence electrons. The summed E-state index contributed by atoms with van der Waals surface area (Å²) in [4.78, 5) is 8.94. The number of aliphatic imine (C=N–C) groups is 1. The van der Waals surface area contributed by atoms with Crippen molar-refractivity contribution >= 4 is 5.96 Å². The molecule has 5 nitrogen and oxygen atoms in total. The Morgan fingerprint density at radius 1 is 1.14 bits per heavy atom. The van der Waals surface area contributed by atoms with Gasteiger partial charge in [-0.25, -0.2) is 9.98 Å². The van der Waals surface area contributed by atoms with Crippen LogP contribution in [0, 0.1) is 20.8 Å². The summed E-state index contributed by atoms with van der Waals surface area (Å²) < 4.78 is 5.56. The second-order valence-electron chi connectivity index (χ2n) is 5.28. The van der Waals surface area contributed by atoms with Crippen LogP contribution >= 0.6 is 0 Å². The Hall–Kier alpha value is -2.30. The van der Waals surface area contributed by atoms with Crippen molar-refractivity contribution in [3.8, 4) is 0 Å². The largest absolute Gasteiger partial charge is 0.444 e. The summed E-state index contributed by atoms with van der Waals surface area (Å²) in [6, 6.07) is 8.40. The smallest absolute Gasteiger partial charge is 0.214 e. The molecule has 0 aliphatic rings. The number of rotatable bonds is 5. The second kappa shape index (κ2) is 7.64. The molecule has 0 radical (unpaired) electrons. The van der Waals surface area contributed by atoms with E-state index in [1.807, 2.05) is 20.8 Å². The summed E-state index contributed by atoms with van der Waals surface area (Å²) >= 11 is 0. The van der Waals surface area contributed by atoms with Crippen molar-refractivity contribution in [3.63, 3.8) is 0 Å². The van der Waals surface area contributed by atoms with Gasteiger partial charge >= 0.3 is 0 Å². The zero-order chi connectivity index (χ0) is 15.9. The van der Waals surface area contributed by atoms with Gasteiger partial charge in [0.15, 0.2) is 5.96 Å². The molecule has 0 atom stereocenters. The van der Waals surface area contributed by atoms with Gasteiger partial charge in [0.25, 0.3) is 0 Å². The number of nitrogens with zero attached hydrogens (tertiary/aromatic N) is 2. The minimum Gasteiger partial charge on any atom is -0.444 e. The average molecular weight is 300 g/mol. The number of guanidine groups is 1. The van der Waals surface area contributed by atoms with E-state index in [0.29, 0.717) is 19.0 Å². The molecule has 1 aromatic carbocycles. The Bertz CT molecular complexity index is 609. The average Bonchev–Trinajstić information content (AvgIpc) is 2.82. The van der Waals surface area contributed by atoms with Gasteiger partial charge in [-0.05, 0) is 33.3 Å². The standard InChI is InChI=1S/C17H24N4O/c1-5-18-17(19-10-15-8-6-12(2)7-9-15)20-11-16-21-13(3)14(4)22-16/h6-9H,5,10-11H2,1-4H3,(H2,18,19,20). The predicted octanol–water partition coefficient (Wildman–Crippen LogP) is 2.86. The number of nitrogens with one attached hydrogen (secondary N) is 2. The SMILES string of the molecule is CCNC(=NCc1ccc(C)cc1)NCc1nc(C)c(C)o1. The molecule has 1 heterocycles. The van der Waals surface area contributed by atoms with E-state index in [0.717, 1.165) is 24.0 Å². The lowest BCUT2D eigenvalue weighted by Gasteiger charge is -2.09. The van der Waals surface area contributed by atoms with E-state index in [1.165, 1.54) is 11.1 Å². The summed E-state index contributed by atoms with van der Waals surface area (Å²) in [5.74, 6) is 2.30. The van der Waals surface area contributed by atoms with Crippen molar-refractivity contribution in [1.29, 1.82) is 0 Å². The maximum Gasteiger partial charge on any atom is 0.214 e. The fourth-order valence-corrected chi connectivity index (χ4v) is 1.98. The summed E-state index contributed by atoms with van der Waals surface area (Å²) in [6.45, 7) is 9.96. The molecule has 2 aromatic rings. The monoisotopic (exact) mass is 300 g/mol. The normalized spacial score (nSPS) is 11.5. The van der Waals surface area contributed by atoms with Crippen LogP contribution in [-0.4, -0.2) is 17.5 Å². The van der Waals surface area contributed by atoms with Crippen molar-refractivity contribution in [1.82, 2.24) is 15.6 Å². The molecule has 0 fully saturated rings. The summed E-state index contributed by atoms with van der Waals surface area (Å²) in [5.41, 5.74) is 3.37. The lowest BCUT2D eigenvalue weighted by molar-refractivity contribution is 0.463. The molecule has 0 unspecified atom stereocenters. The molecule has 0 aliphatic carbocycles. The van der Waals surface area contributed by atoms with Gasteiger partial charge in [-0.15, -0.1) is 0 Å². The lowest BCUT2D eigenvalue weighted by atomic mass is 10.1. The molecule has 0 bridgehead atoms. The van der Waals surface area contributed by atoms with Crippen LogP contribution < -0.4 is 10.6 Å². The Balaban J connectivity index is 1.96. The van der Waals surface area contributed by atoms with Gasteiger partial charge in [-0.1, -0.05) is 29.8 Å². The van der Waals surface area contributed by atoms with Crippen LogP contribution in [0.25, 0.3) is 0 Å². The first-order valence-electron chi connectivity index (χ1n) is 7.59. The summed E-state index contributed by atoms with van der Waals surface area (Å²) in [7, 11) is 0. The molecule has 0 saturated heterocycles. The molecular formula is C17H24N4O. The van der Waals surface area contributed by atoms with E-state index in [-0.39, 0.29) is 0 Å². The number of hydrogen-bond acceptors (Lipinski definition) is 3. The lowest BCUT2D eigenvalue weighted by Crippen LogP contribution is -2.36. The Labute approximate surface area is 131 Å². The predicted molar refractivity (Wildman–Crippen MR) is 88.8 cm³/mol. The van der Waals surface area contributed by atoms with Crippen molar-refractivity contribution < 1.29 is 4.42 Å². The Morgan fingerprint density at radius 2 is 1.86 bits per heavy atom. The van der Waals surface area contributed by atoms with Gasteiger partial charge in [-0.2, -0.15) is 0 Å². The van der Waals surface area contributed by atoms with E-state index in [4.69, 9.17) is 4.42 Å². The van der Waals surface area contributed by atoms with Gasteiger partial charge in [0, 0.05) is 6.54 Å². The van der Waals surface area contributed by atoms with E-state index >= 15 is 0 Å². The molecule has 0 saturated carbocycles. The Kier molecular flexibility index (Phi) is 5.58. The molecule has 2 rings (SSSR count). The van der Waals surface area contributed by atoms with Gasteiger partial charge < -0.3 is 15.1 Å². The van der Waals surface area contributed by atoms with Gasteiger partial charge in [0.2, 0.25) is 5.89 Å². The van der Waals surface area contributed by atoms with Crippen molar-refractivity contribution in [2.45, 2.75) is 40.8 Å². The molecular weight excluding hydrogens is 276 g/mol. The van der Waals surface area contributed by atoms with E-state index in [1.54, 1.807) is 0 Å². The molecule has 22 heavy (non-hydrogen) atoms. The first-order chi connectivity index (χ1) is 10.6. The van der Waals surface area contributed by atoms with Gasteiger partial charge in [-0.3, -0.25) is 0 Å². The number of hydrogen-bond donors (Lipinski definition) is 2. The highest BCUT2D eigenvalue weighted by Gasteiger charge is 2.06. The molecule has 5 heteroatoms. The minimum atomic E-state index is 0.522. The van der Waals surface area contributed by atoms with Crippen LogP contribution in [0.3, 0.4) is 0 Å². The summed E-state index contributed by atoms with van der Waals surface area (Å²) in [6.07, 6.45) is 0. The summed E-state index contributed by atoms with van der Waals surface area (Å²) in [5, 5.41) is 6.47. The van der Waals surface area contributed by atoms with Gasteiger partial charge in [0.05, 0.1) is 18.8 Å².